The van der Waals surface area contributed by atoms with Crippen LogP contribution in [0.2, 0.25) is 0 Å². The molecule has 0 spiro atoms. The van der Waals surface area contributed by atoms with Gasteiger partial charge in [0.15, 0.2) is 0 Å². The summed E-state index contributed by atoms with van der Waals surface area (Å²) in [5.41, 5.74) is 3.23. The average molecular weight is 422 g/mol. The second kappa shape index (κ2) is 11.3. The largest absolute Gasteiger partial charge is 0.497 e. The average Bonchev–Trinajstić information content (AvgIpc) is 3.30. The summed E-state index contributed by atoms with van der Waals surface area (Å²) in [6, 6.07) is 14.9. The van der Waals surface area contributed by atoms with Crippen molar-refractivity contribution < 1.29 is 14.3 Å². The number of hydrogen-bond donors (Lipinski definition) is 2. The minimum atomic E-state index is -0.626. The summed E-state index contributed by atoms with van der Waals surface area (Å²) in [5, 5.41) is 5.66. The number of carbonyl (C=O) groups is 2. The van der Waals surface area contributed by atoms with E-state index in [1.165, 1.54) is 24.5 Å². The number of amides is 2. The van der Waals surface area contributed by atoms with Gasteiger partial charge in [0.05, 0.1) is 7.11 Å². The van der Waals surface area contributed by atoms with Crippen LogP contribution in [0.25, 0.3) is 6.08 Å². The van der Waals surface area contributed by atoms with E-state index in [9.17, 15) is 9.59 Å². The molecule has 0 aromatic heterocycles. The number of methoxy groups -OCH3 is 1. The first-order valence-corrected chi connectivity index (χ1v) is 10.7. The van der Waals surface area contributed by atoms with E-state index in [1.54, 1.807) is 20.1 Å². The summed E-state index contributed by atoms with van der Waals surface area (Å²) in [6.07, 6.45) is 5.64. The van der Waals surface area contributed by atoms with E-state index in [4.69, 9.17) is 4.74 Å². The lowest BCUT2D eigenvalue weighted by Gasteiger charge is -2.18. The van der Waals surface area contributed by atoms with Crippen molar-refractivity contribution in [1.82, 2.24) is 15.5 Å². The molecule has 0 unspecified atom stereocenters. The Balaban J connectivity index is 1.48. The Morgan fingerprint density at radius 1 is 1.06 bits per heavy atom. The smallest absolute Gasteiger partial charge is 0.244 e. The van der Waals surface area contributed by atoms with Crippen molar-refractivity contribution in [2.24, 2.45) is 0 Å². The van der Waals surface area contributed by atoms with Crippen LogP contribution in [0.15, 0.2) is 54.6 Å². The molecule has 0 bridgehead atoms. The first-order valence-electron chi connectivity index (χ1n) is 10.7. The Bertz CT molecular complexity index is 902. The maximum Gasteiger partial charge on any atom is 0.244 e. The van der Waals surface area contributed by atoms with Crippen LogP contribution in [-0.4, -0.2) is 43.0 Å². The van der Waals surface area contributed by atoms with Crippen molar-refractivity contribution >= 4 is 17.9 Å². The van der Waals surface area contributed by atoms with Gasteiger partial charge in [-0.25, -0.2) is 0 Å². The summed E-state index contributed by atoms with van der Waals surface area (Å²) < 4.78 is 5.12. The van der Waals surface area contributed by atoms with E-state index in [1.807, 2.05) is 42.5 Å². The van der Waals surface area contributed by atoms with Gasteiger partial charge in [0.25, 0.3) is 0 Å². The van der Waals surface area contributed by atoms with Crippen LogP contribution in [0.1, 0.15) is 36.5 Å². The minimum absolute atomic E-state index is 0.206. The molecule has 31 heavy (non-hydrogen) atoms. The standard InChI is InChI=1S/C25H31N3O3/c1-19(27-24(29)14-11-20-9-12-23(31-2)13-10-20)25(30)26-17-21-7-3-4-8-22(21)18-28-15-5-6-16-28/h3-4,7-14,19H,5-6,15-18H2,1-2H3,(H,26,30)(H,27,29)/b14-11+/t19-/m0/s1. The number of likely N-dealkylation sites (tertiary alicyclic amines) is 1. The van der Waals surface area contributed by atoms with Crippen LogP contribution in [0.4, 0.5) is 0 Å². The van der Waals surface area contributed by atoms with Crippen molar-refractivity contribution in [2.45, 2.75) is 38.9 Å². The normalized spacial score (nSPS) is 15.0. The molecule has 2 amide bonds. The fourth-order valence-electron chi connectivity index (χ4n) is 3.62. The lowest BCUT2D eigenvalue weighted by Crippen LogP contribution is -2.44. The van der Waals surface area contributed by atoms with E-state index in [0.29, 0.717) is 6.54 Å². The third-order valence-corrected chi connectivity index (χ3v) is 5.46. The number of nitrogens with zero attached hydrogens (tertiary/aromatic N) is 1. The van der Waals surface area contributed by atoms with Crippen molar-refractivity contribution in [3.63, 3.8) is 0 Å². The third kappa shape index (κ3) is 6.96. The van der Waals surface area contributed by atoms with Crippen molar-refractivity contribution in [1.29, 1.82) is 0 Å². The predicted molar refractivity (Wildman–Crippen MR) is 122 cm³/mol. The van der Waals surface area contributed by atoms with Crippen molar-refractivity contribution in [2.75, 3.05) is 20.2 Å². The summed E-state index contributed by atoms with van der Waals surface area (Å²) >= 11 is 0. The molecule has 1 aliphatic rings. The molecule has 1 aliphatic heterocycles. The molecular formula is C25H31N3O3. The van der Waals surface area contributed by atoms with Crippen LogP contribution in [0.5, 0.6) is 5.75 Å². The predicted octanol–water partition coefficient (Wildman–Crippen LogP) is 3.13. The van der Waals surface area contributed by atoms with E-state index in [0.717, 1.165) is 36.5 Å². The van der Waals surface area contributed by atoms with Gasteiger partial charge in [-0.05, 0) is 67.8 Å². The van der Waals surface area contributed by atoms with Crippen LogP contribution in [0, 0.1) is 0 Å². The SMILES string of the molecule is COc1ccc(/C=C/C(=O)N[C@@H](C)C(=O)NCc2ccccc2CN2CCCC2)cc1. The number of carbonyl (C=O) groups excluding carboxylic acids is 2. The summed E-state index contributed by atoms with van der Waals surface area (Å²) in [7, 11) is 1.61. The second-order valence-corrected chi connectivity index (χ2v) is 7.81. The van der Waals surface area contributed by atoms with Crippen LogP contribution < -0.4 is 15.4 Å². The van der Waals surface area contributed by atoms with Crippen molar-refractivity contribution in [3.05, 3.63) is 71.3 Å². The molecule has 164 valence electrons. The molecule has 1 fully saturated rings. The minimum Gasteiger partial charge on any atom is -0.497 e. The molecule has 0 radical (unpaired) electrons. The fraction of sp³-hybridized carbons (Fsp3) is 0.360. The summed E-state index contributed by atoms with van der Waals surface area (Å²) in [5.74, 6) is 0.240. The highest BCUT2D eigenvalue weighted by Gasteiger charge is 2.16. The van der Waals surface area contributed by atoms with E-state index < -0.39 is 6.04 Å². The highest BCUT2D eigenvalue weighted by molar-refractivity contribution is 5.95. The van der Waals surface area contributed by atoms with Crippen LogP contribution in [0.3, 0.4) is 0 Å². The third-order valence-electron chi connectivity index (χ3n) is 5.46. The Kier molecular flexibility index (Phi) is 8.24. The highest BCUT2D eigenvalue weighted by Crippen LogP contribution is 2.16. The van der Waals surface area contributed by atoms with Crippen LogP contribution >= 0.6 is 0 Å². The van der Waals surface area contributed by atoms with Gasteiger partial charge in [-0.3, -0.25) is 14.5 Å². The Labute approximate surface area is 184 Å². The zero-order valence-electron chi connectivity index (χ0n) is 18.3. The van der Waals surface area contributed by atoms with E-state index in [2.05, 4.69) is 21.6 Å². The van der Waals surface area contributed by atoms with Gasteiger partial charge < -0.3 is 15.4 Å². The molecule has 2 aromatic rings. The van der Waals surface area contributed by atoms with Gasteiger partial charge in [-0.2, -0.15) is 0 Å². The van der Waals surface area contributed by atoms with Crippen LogP contribution in [-0.2, 0) is 22.7 Å². The second-order valence-electron chi connectivity index (χ2n) is 7.81. The zero-order valence-corrected chi connectivity index (χ0v) is 18.3. The Morgan fingerprint density at radius 2 is 1.74 bits per heavy atom. The van der Waals surface area contributed by atoms with E-state index in [-0.39, 0.29) is 11.8 Å². The Morgan fingerprint density at radius 3 is 2.42 bits per heavy atom. The maximum absolute atomic E-state index is 12.5. The maximum atomic E-state index is 12.5. The number of ether oxygens (including phenoxy) is 1. The van der Waals surface area contributed by atoms with Gasteiger partial charge in [-0.1, -0.05) is 36.4 Å². The lowest BCUT2D eigenvalue weighted by molar-refractivity contribution is -0.126. The van der Waals surface area contributed by atoms with Crippen molar-refractivity contribution in [3.8, 4) is 5.75 Å². The number of nitrogens with one attached hydrogen (secondary N) is 2. The fourth-order valence-corrected chi connectivity index (χ4v) is 3.62. The van der Waals surface area contributed by atoms with Gasteiger partial charge in [0.2, 0.25) is 11.8 Å². The number of rotatable bonds is 9. The molecule has 1 heterocycles. The zero-order chi connectivity index (χ0) is 22.1. The molecule has 1 atom stereocenters. The van der Waals surface area contributed by atoms with Gasteiger partial charge in [-0.15, -0.1) is 0 Å². The van der Waals surface area contributed by atoms with Gasteiger partial charge in [0.1, 0.15) is 11.8 Å². The first kappa shape index (κ1) is 22.6. The topological polar surface area (TPSA) is 70.7 Å². The quantitative estimate of drug-likeness (QED) is 0.611. The Hall–Kier alpha value is -3.12. The summed E-state index contributed by atoms with van der Waals surface area (Å²) in [6.45, 7) is 5.31. The molecule has 2 aromatic carbocycles. The molecule has 6 nitrogen and oxygen atoms in total. The molecule has 1 saturated heterocycles. The first-order chi connectivity index (χ1) is 15.0. The number of hydrogen-bond acceptors (Lipinski definition) is 4. The molecule has 6 heteroatoms. The monoisotopic (exact) mass is 421 g/mol. The van der Waals surface area contributed by atoms with Gasteiger partial charge in [0, 0.05) is 19.2 Å². The molecule has 0 aliphatic carbocycles. The molecular weight excluding hydrogens is 390 g/mol. The molecule has 2 N–H and O–H groups in total. The summed E-state index contributed by atoms with van der Waals surface area (Å²) in [4.78, 5) is 27.1. The van der Waals surface area contributed by atoms with Gasteiger partial charge >= 0.3 is 0 Å². The molecule has 0 saturated carbocycles. The molecule has 3 rings (SSSR count). The van der Waals surface area contributed by atoms with E-state index >= 15 is 0 Å². The lowest BCUT2D eigenvalue weighted by atomic mass is 10.1. The highest BCUT2D eigenvalue weighted by atomic mass is 16.5. The number of benzene rings is 2.